The summed E-state index contributed by atoms with van der Waals surface area (Å²) in [5.74, 6) is 0. The lowest BCUT2D eigenvalue weighted by Crippen LogP contribution is -1.93. The summed E-state index contributed by atoms with van der Waals surface area (Å²) in [5, 5.41) is 4.51. The zero-order chi connectivity index (χ0) is 9.68. The molecular weight excluding hydrogens is 184 g/mol. The Labute approximate surface area is 84.9 Å². The number of aryl methyl sites for hydroxylation is 2. The van der Waals surface area contributed by atoms with Crippen molar-refractivity contribution in [1.82, 2.24) is 9.78 Å². The molecule has 13 heavy (non-hydrogen) atoms. The Morgan fingerprint density at radius 1 is 1.62 bits per heavy atom. The maximum Gasteiger partial charge on any atom is 0.0521 e. The highest BCUT2D eigenvalue weighted by molar-refractivity contribution is 6.20. The molecule has 1 heterocycles. The summed E-state index contributed by atoms with van der Waals surface area (Å²) < 4.78 is 1.96. The van der Waals surface area contributed by atoms with Crippen LogP contribution in [0.1, 0.15) is 32.3 Å². The highest BCUT2D eigenvalue weighted by atomic mass is 35.5. The van der Waals surface area contributed by atoms with E-state index in [0.29, 0.717) is 5.38 Å². The number of aromatic nitrogens is 2. The van der Waals surface area contributed by atoms with Crippen molar-refractivity contribution in [2.75, 3.05) is 0 Å². The molecule has 74 valence electrons. The first-order valence-corrected chi connectivity index (χ1v) is 5.31. The Morgan fingerprint density at radius 3 is 2.92 bits per heavy atom. The fourth-order valence-electron chi connectivity index (χ4n) is 1.30. The van der Waals surface area contributed by atoms with Crippen LogP contribution in [0, 0.1) is 0 Å². The van der Waals surface area contributed by atoms with Gasteiger partial charge >= 0.3 is 0 Å². The number of nitrogens with zero attached hydrogens (tertiary/aromatic N) is 2. The Kier molecular flexibility index (Phi) is 4.29. The molecule has 0 radical (unpaired) electrons. The molecule has 0 fully saturated rings. The van der Waals surface area contributed by atoms with E-state index in [0.717, 1.165) is 25.8 Å². The Morgan fingerprint density at radius 2 is 2.38 bits per heavy atom. The van der Waals surface area contributed by atoms with Crippen LogP contribution in [0.3, 0.4) is 0 Å². The molecule has 1 atom stereocenters. The van der Waals surface area contributed by atoms with E-state index in [4.69, 9.17) is 11.6 Å². The second kappa shape index (κ2) is 5.28. The Bertz CT molecular complexity index is 243. The molecule has 0 aromatic carbocycles. The van der Waals surface area contributed by atoms with Gasteiger partial charge in [-0.25, -0.2) is 0 Å². The van der Waals surface area contributed by atoms with E-state index in [1.807, 2.05) is 17.8 Å². The van der Waals surface area contributed by atoms with Crippen LogP contribution in [0.2, 0.25) is 0 Å². The molecule has 0 amide bonds. The molecule has 0 spiro atoms. The molecular formula is C10H17ClN2. The second-order valence-corrected chi connectivity index (χ2v) is 4.12. The highest BCUT2D eigenvalue weighted by Crippen LogP contribution is 2.08. The lowest BCUT2D eigenvalue weighted by Gasteiger charge is -2.00. The minimum atomic E-state index is 0.293. The maximum absolute atomic E-state index is 5.86. The highest BCUT2D eigenvalue weighted by Gasteiger charge is 1.99. The van der Waals surface area contributed by atoms with Gasteiger partial charge in [0.15, 0.2) is 0 Å². The molecule has 0 N–H and O–H groups in total. The first-order chi connectivity index (χ1) is 6.22. The van der Waals surface area contributed by atoms with Crippen LogP contribution in [-0.2, 0) is 13.0 Å². The Hall–Kier alpha value is -0.500. The fraction of sp³-hybridized carbons (Fsp3) is 0.700. The van der Waals surface area contributed by atoms with E-state index in [-0.39, 0.29) is 0 Å². The fourth-order valence-corrected chi connectivity index (χ4v) is 1.45. The average molecular weight is 201 g/mol. The van der Waals surface area contributed by atoms with E-state index in [9.17, 15) is 0 Å². The van der Waals surface area contributed by atoms with Gasteiger partial charge in [-0.15, -0.1) is 11.6 Å². The normalized spacial score (nSPS) is 13.2. The van der Waals surface area contributed by atoms with Gasteiger partial charge < -0.3 is 0 Å². The molecule has 1 aromatic rings. The van der Waals surface area contributed by atoms with Crippen molar-refractivity contribution in [3.63, 3.8) is 0 Å². The van der Waals surface area contributed by atoms with Gasteiger partial charge in [0.1, 0.15) is 0 Å². The molecule has 1 unspecified atom stereocenters. The predicted octanol–water partition coefficient (Wildman–Crippen LogP) is 2.85. The van der Waals surface area contributed by atoms with Crippen LogP contribution in [-0.4, -0.2) is 15.2 Å². The quantitative estimate of drug-likeness (QED) is 0.669. The van der Waals surface area contributed by atoms with E-state index < -0.39 is 0 Å². The second-order valence-electron chi connectivity index (χ2n) is 3.38. The van der Waals surface area contributed by atoms with Crippen molar-refractivity contribution in [2.24, 2.45) is 0 Å². The van der Waals surface area contributed by atoms with Gasteiger partial charge in [0.2, 0.25) is 0 Å². The number of halogens is 1. The maximum atomic E-state index is 5.86. The number of hydrogen-bond donors (Lipinski definition) is 0. The monoisotopic (exact) mass is 200 g/mol. The molecule has 0 aliphatic carbocycles. The van der Waals surface area contributed by atoms with Crippen LogP contribution < -0.4 is 0 Å². The molecule has 1 aromatic heterocycles. The average Bonchev–Trinajstić information content (AvgIpc) is 2.52. The third-order valence-corrected chi connectivity index (χ3v) is 2.30. The summed E-state index contributed by atoms with van der Waals surface area (Å²) >= 11 is 5.86. The van der Waals surface area contributed by atoms with Crippen LogP contribution in [0.15, 0.2) is 12.4 Å². The molecule has 0 aliphatic rings. The smallest absolute Gasteiger partial charge is 0.0521 e. The van der Waals surface area contributed by atoms with Gasteiger partial charge in [-0.2, -0.15) is 5.10 Å². The van der Waals surface area contributed by atoms with Crippen molar-refractivity contribution in [3.05, 3.63) is 18.0 Å². The summed E-state index contributed by atoms with van der Waals surface area (Å²) in [6.07, 6.45) is 7.39. The minimum Gasteiger partial charge on any atom is -0.273 e. The number of rotatable bonds is 5. The Balaban J connectivity index is 2.28. The van der Waals surface area contributed by atoms with E-state index in [2.05, 4.69) is 18.2 Å². The van der Waals surface area contributed by atoms with Gasteiger partial charge in [0.25, 0.3) is 0 Å². The molecule has 2 nitrogen and oxygen atoms in total. The van der Waals surface area contributed by atoms with Crippen molar-refractivity contribution in [1.29, 1.82) is 0 Å². The lowest BCUT2D eigenvalue weighted by atomic mass is 10.1. The van der Waals surface area contributed by atoms with Gasteiger partial charge in [-0.1, -0.05) is 0 Å². The summed E-state index contributed by atoms with van der Waals surface area (Å²) in [5.41, 5.74) is 1.32. The molecule has 0 bridgehead atoms. The standard InChI is InChI=1S/C10H17ClN2/c1-3-13-8-10(7-12-13)6-4-5-9(2)11/h7-9H,3-6H2,1-2H3. The molecule has 0 aliphatic heterocycles. The largest absolute Gasteiger partial charge is 0.273 e. The zero-order valence-corrected chi connectivity index (χ0v) is 9.09. The van der Waals surface area contributed by atoms with Gasteiger partial charge in [0, 0.05) is 18.1 Å². The number of hydrogen-bond acceptors (Lipinski definition) is 1. The molecule has 0 saturated heterocycles. The predicted molar refractivity (Wildman–Crippen MR) is 56.2 cm³/mol. The van der Waals surface area contributed by atoms with E-state index in [1.165, 1.54) is 5.56 Å². The first-order valence-electron chi connectivity index (χ1n) is 4.87. The third kappa shape index (κ3) is 3.81. The summed E-state index contributed by atoms with van der Waals surface area (Å²) in [7, 11) is 0. The van der Waals surface area contributed by atoms with E-state index in [1.54, 1.807) is 0 Å². The first kappa shape index (κ1) is 10.6. The van der Waals surface area contributed by atoms with Gasteiger partial charge in [-0.05, 0) is 38.7 Å². The third-order valence-electron chi connectivity index (χ3n) is 2.08. The van der Waals surface area contributed by atoms with Crippen LogP contribution in [0.4, 0.5) is 0 Å². The van der Waals surface area contributed by atoms with Gasteiger partial charge in [-0.3, -0.25) is 4.68 Å². The SMILES string of the molecule is CCn1cc(CCCC(C)Cl)cn1. The topological polar surface area (TPSA) is 17.8 Å². The molecule has 0 saturated carbocycles. The molecule has 1 rings (SSSR count). The van der Waals surface area contributed by atoms with Crippen LogP contribution >= 0.6 is 11.6 Å². The van der Waals surface area contributed by atoms with Crippen molar-refractivity contribution in [3.8, 4) is 0 Å². The number of alkyl halides is 1. The lowest BCUT2D eigenvalue weighted by molar-refractivity contribution is 0.658. The van der Waals surface area contributed by atoms with Gasteiger partial charge in [0.05, 0.1) is 6.20 Å². The zero-order valence-electron chi connectivity index (χ0n) is 8.33. The summed E-state index contributed by atoms with van der Waals surface area (Å²) in [6, 6.07) is 0. The van der Waals surface area contributed by atoms with Crippen LogP contribution in [0.25, 0.3) is 0 Å². The van der Waals surface area contributed by atoms with E-state index >= 15 is 0 Å². The van der Waals surface area contributed by atoms with Crippen molar-refractivity contribution < 1.29 is 0 Å². The minimum absolute atomic E-state index is 0.293. The summed E-state index contributed by atoms with van der Waals surface area (Å²) in [6.45, 7) is 5.08. The molecule has 3 heteroatoms. The summed E-state index contributed by atoms with van der Waals surface area (Å²) in [4.78, 5) is 0. The van der Waals surface area contributed by atoms with Crippen LogP contribution in [0.5, 0.6) is 0 Å². The van der Waals surface area contributed by atoms with Crippen molar-refractivity contribution >= 4 is 11.6 Å². The van der Waals surface area contributed by atoms with Crippen molar-refractivity contribution in [2.45, 2.75) is 45.0 Å².